The normalized spacial score (nSPS) is 18.1. The second kappa shape index (κ2) is 9.85. The standard InChI is InChI=1S/C28H25F2N3O5/c29-20-4-1-17(2-5-20)18-3-6-23(24(30)15-18)27(36)32-11-9-28(10-12-32)8-7-25(28)31-26(35)19-13-21(33(37)38)16-22(34)14-19/h1-6,13-16,25,34H,7-12H2,(H,31,35). The number of carbonyl (C=O) groups is 2. The summed E-state index contributed by atoms with van der Waals surface area (Å²) in [6.07, 6.45) is 2.85. The number of likely N-dealkylation sites (tertiary alicyclic amines) is 1. The molecule has 1 unspecified atom stereocenters. The third-order valence-corrected chi connectivity index (χ3v) is 7.77. The van der Waals surface area contributed by atoms with Crippen molar-refractivity contribution in [1.82, 2.24) is 10.2 Å². The van der Waals surface area contributed by atoms with E-state index >= 15 is 0 Å². The van der Waals surface area contributed by atoms with Gasteiger partial charge in [-0.2, -0.15) is 0 Å². The van der Waals surface area contributed by atoms with Crippen LogP contribution in [0.4, 0.5) is 14.5 Å². The number of aromatic hydroxyl groups is 1. The minimum Gasteiger partial charge on any atom is -0.508 e. The maximum Gasteiger partial charge on any atom is 0.273 e. The first-order chi connectivity index (χ1) is 18.1. The summed E-state index contributed by atoms with van der Waals surface area (Å²) in [5, 5.41) is 23.7. The zero-order chi connectivity index (χ0) is 27.0. The van der Waals surface area contributed by atoms with Crippen molar-refractivity contribution in [1.29, 1.82) is 0 Å². The van der Waals surface area contributed by atoms with E-state index in [9.17, 15) is 33.6 Å². The molecule has 2 aliphatic rings. The van der Waals surface area contributed by atoms with Gasteiger partial charge in [0.2, 0.25) is 0 Å². The molecule has 0 aromatic heterocycles. The Morgan fingerprint density at radius 1 is 0.974 bits per heavy atom. The van der Waals surface area contributed by atoms with Crippen molar-refractivity contribution >= 4 is 17.5 Å². The predicted octanol–water partition coefficient (Wildman–Crippen LogP) is 5.06. The van der Waals surface area contributed by atoms with Crippen molar-refractivity contribution in [2.75, 3.05) is 13.1 Å². The van der Waals surface area contributed by atoms with Crippen LogP contribution in [-0.2, 0) is 0 Å². The summed E-state index contributed by atoms with van der Waals surface area (Å²) < 4.78 is 28.1. The molecule has 3 aromatic carbocycles. The van der Waals surface area contributed by atoms with Crippen LogP contribution in [0.15, 0.2) is 60.7 Å². The van der Waals surface area contributed by atoms with Gasteiger partial charge in [-0.1, -0.05) is 18.2 Å². The molecule has 2 fully saturated rings. The van der Waals surface area contributed by atoms with Gasteiger partial charge in [0.1, 0.15) is 17.4 Å². The smallest absolute Gasteiger partial charge is 0.273 e. The maximum absolute atomic E-state index is 14.9. The van der Waals surface area contributed by atoms with Gasteiger partial charge in [-0.15, -0.1) is 0 Å². The molecule has 1 saturated carbocycles. The van der Waals surface area contributed by atoms with Crippen LogP contribution in [0.5, 0.6) is 5.75 Å². The van der Waals surface area contributed by atoms with E-state index in [-0.39, 0.29) is 39.8 Å². The number of phenolic OH excluding ortho intramolecular Hbond substituents is 1. The second-order valence-electron chi connectivity index (χ2n) is 9.92. The molecule has 8 nitrogen and oxygen atoms in total. The highest BCUT2D eigenvalue weighted by Crippen LogP contribution is 2.49. The number of hydrogen-bond acceptors (Lipinski definition) is 5. The molecule has 0 bridgehead atoms. The van der Waals surface area contributed by atoms with Gasteiger partial charge in [0, 0.05) is 30.8 Å². The third kappa shape index (κ3) is 4.81. The fourth-order valence-electron chi connectivity index (χ4n) is 5.43. The third-order valence-electron chi connectivity index (χ3n) is 7.77. The quantitative estimate of drug-likeness (QED) is 0.360. The number of hydrogen-bond donors (Lipinski definition) is 2. The molecule has 1 aliphatic heterocycles. The van der Waals surface area contributed by atoms with Crippen LogP contribution in [0.1, 0.15) is 46.4 Å². The van der Waals surface area contributed by atoms with Gasteiger partial charge in [-0.3, -0.25) is 19.7 Å². The predicted molar refractivity (Wildman–Crippen MR) is 135 cm³/mol. The highest BCUT2D eigenvalue weighted by atomic mass is 19.1. The van der Waals surface area contributed by atoms with Crippen molar-refractivity contribution < 1.29 is 28.4 Å². The first-order valence-electron chi connectivity index (χ1n) is 12.3. The molecule has 0 radical (unpaired) electrons. The van der Waals surface area contributed by atoms with E-state index in [1.807, 2.05) is 0 Å². The molecule has 10 heteroatoms. The zero-order valence-corrected chi connectivity index (χ0v) is 20.3. The molecular weight excluding hydrogens is 496 g/mol. The van der Waals surface area contributed by atoms with Crippen molar-refractivity contribution in [2.45, 2.75) is 31.7 Å². The SMILES string of the molecule is O=C(NC1CCC12CCN(C(=O)c1ccc(-c3ccc(F)cc3)cc1F)CC2)c1cc(O)cc([N+](=O)[O-])c1. The molecule has 38 heavy (non-hydrogen) atoms. The number of nitro groups is 1. The number of phenols is 1. The van der Waals surface area contributed by atoms with Gasteiger partial charge in [0.15, 0.2) is 0 Å². The molecule has 1 spiro atoms. The molecule has 1 aliphatic carbocycles. The number of non-ortho nitro benzene ring substituents is 1. The molecule has 1 heterocycles. The van der Waals surface area contributed by atoms with Crippen LogP contribution < -0.4 is 5.32 Å². The number of nitrogens with zero attached hydrogens (tertiary/aromatic N) is 2. The van der Waals surface area contributed by atoms with E-state index in [4.69, 9.17) is 0 Å². The Kier molecular flexibility index (Phi) is 6.56. The Morgan fingerprint density at radius 2 is 1.66 bits per heavy atom. The molecule has 2 amide bonds. The lowest BCUT2D eigenvalue weighted by Crippen LogP contribution is -2.59. The number of carbonyl (C=O) groups excluding carboxylic acids is 2. The molecule has 3 aromatic rings. The van der Waals surface area contributed by atoms with Gasteiger partial charge in [0.25, 0.3) is 17.5 Å². The molecule has 1 atom stereocenters. The van der Waals surface area contributed by atoms with Crippen LogP contribution >= 0.6 is 0 Å². The van der Waals surface area contributed by atoms with Crippen LogP contribution in [-0.4, -0.2) is 45.9 Å². The number of piperidine rings is 1. The van der Waals surface area contributed by atoms with Crippen LogP contribution in [0.3, 0.4) is 0 Å². The lowest BCUT2D eigenvalue weighted by Gasteiger charge is -2.54. The Hall–Kier alpha value is -4.34. The second-order valence-corrected chi connectivity index (χ2v) is 9.92. The molecule has 1 saturated heterocycles. The first kappa shape index (κ1) is 25.3. The highest BCUT2D eigenvalue weighted by Gasteiger charge is 2.49. The number of benzene rings is 3. The van der Waals surface area contributed by atoms with Gasteiger partial charge in [-0.05, 0) is 72.6 Å². The Morgan fingerprint density at radius 3 is 2.26 bits per heavy atom. The van der Waals surface area contributed by atoms with Crippen molar-refractivity contribution in [3.8, 4) is 16.9 Å². The fourth-order valence-corrected chi connectivity index (χ4v) is 5.43. The Bertz CT molecular complexity index is 1420. The summed E-state index contributed by atoms with van der Waals surface area (Å²) in [5.74, 6) is -2.31. The largest absolute Gasteiger partial charge is 0.508 e. The van der Waals surface area contributed by atoms with Crippen LogP contribution in [0.2, 0.25) is 0 Å². The lowest BCUT2D eigenvalue weighted by atomic mass is 9.59. The van der Waals surface area contributed by atoms with E-state index in [0.29, 0.717) is 37.1 Å². The van der Waals surface area contributed by atoms with Crippen LogP contribution in [0, 0.1) is 27.2 Å². The molecule has 5 rings (SSSR count). The van der Waals surface area contributed by atoms with E-state index in [1.54, 1.807) is 23.1 Å². The number of nitro benzene ring substituents is 1. The maximum atomic E-state index is 14.9. The van der Waals surface area contributed by atoms with E-state index in [0.717, 1.165) is 25.0 Å². The number of rotatable bonds is 5. The average Bonchev–Trinajstić information content (AvgIpc) is 2.90. The number of halogens is 2. The van der Waals surface area contributed by atoms with Gasteiger partial charge in [-0.25, -0.2) is 8.78 Å². The van der Waals surface area contributed by atoms with Crippen molar-refractivity contribution in [3.63, 3.8) is 0 Å². The van der Waals surface area contributed by atoms with Crippen LogP contribution in [0.25, 0.3) is 11.1 Å². The fraction of sp³-hybridized carbons (Fsp3) is 0.286. The summed E-state index contributed by atoms with van der Waals surface area (Å²) in [5.41, 5.74) is 0.578. The Labute approximate surface area is 217 Å². The topological polar surface area (TPSA) is 113 Å². The first-order valence-corrected chi connectivity index (χ1v) is 12.3. The minimum atomic E-state index is -0.673. The number of amides is 2. The minimum absolute atomic E-state index is 0.00548. The summed E-state index contributed by atoms with van der Waals surface area (Å²) in [4.78, 5) is 37.8. The number of nitrogens with one attached hydrogen (secondary N) is 1. The van der Waals surface area contributed by atoms with Gasteiger partial charge >= 0.3 is 0 Å². The van der Waals surface area contributed by atoms with Crippen molar-refractivity contribution in [3.05, 3.63) is 93.5 Å². The van der Waals surface area contributed by atoms with Gasteiger partial charge < -0.3 is 15.3 Å². The summed E-state index contributed by atoms with van der Waals surface area (Å²) in [6.45, 7) is 0.809. The van der Waals surface area contributed by atoms with Crippen molar-refractivity contribution in [2.24, 2.45) is 5.41 Å². The summed E-state index contributed by atoms with van der Waals surface area (Å²) in [6, 6.07) is 13.2. The van der Waals surface area contributed by atoms with E-state index < -0.39 is 22.6 Å². The summed E-state index contributed by atoms with van der Waals surface area (Å²) in [7, 11) is 0. The molecular formula is C28H25F2N3O5. The molecule has 2 N–H and O–H groups in total. The summed E-state index contributed by atoms with van der Waals surface area (Å²) >= 11 is 0. The zero-order valence-electron chi connectivity index (χ0n) is 20.3. The molecule has 196 valence electrons. The van der Waals surface area contributed by atoms with E-state index in [1.165, 1.54) is 30.3 Å². The van der Waals surface area contributed by atoms with E-state index in [2.05, 4.69) is 5.32 Å². The highest BCUT2D eigenvalue weighted by molar-refractivity contribution is 5.96. The lowest BCUT2D eigenvalue weighted by molar-refractivity contribution is -0.385. The average molecular weight is 522 g/mol. The monoisotopic (exact) mass is 521 g/mol. The Balaban J connectivity index is 1.22. The van der Waals surface area contributed by atoms with Gasteiger partial charge in [0.05, 0.1) is 16.6 Å².